The largest absolute Gasteiger partial charge is 0.508 e. The van der Waals surface area contributed by atoms with Gasteiger partial charge in [0, 0.05) is 18.7 Å². The van der Waals surface area contributed by atoms with Crippen LogP contribution in [-0.4, -0.2) is 22.7 Å². The standard InChI is InChI=1S/C19H17N3O2S/c1-13-11-16(5-4-14(13)12-20)22-18(24)3-2-10-21(19(22)25)15-6-8-17(23)9-7-15/h4-9,11,23H,2-3,10H2,1H3. The molecule has 1 heterocycles. The van der Waals surface area contributed by atoms with Crippen LogP contribution in [-0.2, 0) is 4.79 Å². The Hall–Kier alpha value is -2.91. The van der Waals surface area contributed by atoms with Crippen LogP contribution >= 0.6 is 12.2 Å². The summed E-state index contributed by atoms with van der Waals surface area (Å²) in [6.45, 7) is 2.46. The van der Waals surface area contributed by atoms with Crippen LogP contribution in [0.5, 0.6) is 5.75 Å². The first-order valence-corrected chi connectivity index (χ1v) is 8.36. The van der Waals surface area contributed by atoms with Crippen LogP contribution < -0.4 is 9.80 Å². The van der Waals surface area contributed by atoms with Crippen molar-refractivity contribution in [3.05, 3.63) is 53.6 Å². The lowest BCUT2D eigenvalue weighted by Gasteiger charge is -2.30. The molecule has 3 rings (SSSR count). The van der Waals surface area contributed by atoms with Gasteiger partial charge in [0.1, 0.15) is 5.75 Å². The van der Waals surface area contributed by atoms with Gasteiger partial charge in [0.25, 0.3) is 0 Å². The summed E-state index contributed by atoms with van der Waals surface area (Å²) in [5.74, 6) is 0.121. The number of carbonyl (C=O) groups is 1. The molecule has 0 spiro atoms. The minimum absolute atomic E-state index is 0.0598. The van der Waals surface area contributed by atoms with Gasteiger partial charge < -0.3 is 10.0 Å². The number of aromatic hydroxyl groups is 1. The molecule has 0 bridgehead atoms. The number of phenolic OH excluding ortho intramolecular Hbond substituents is 1. The number of anilines is 2. The molecule has 0 aromatic heterocycles. The molecule has 0 atom stereocenters. The Bertz CT molecular complexity index is 871. The fourth-order valence-corrected chi connectivity index (χ4v) is 3.27. The van der Waals surface area contributed by atoms with Crippen LogP contribution in [0, 0.1) is 18.3 Å². The highest BCUT2D eigenvalue weighted by Crippen LogP contribution is 2.27. The van der Waals surface area contributed by atoms with Crippen molar-refractivity contribution in [1.29, 1.82) is 5.26 Å². The average Bonchev–Trinajstić information content (AvgIpc) is 2.74. The molecule has 1 fully saturated rings. The number of nitriles is 1. The van der Waals surface area contributed by atoms with E-state index in [1.165, 1.54) is 4.90 Å². The van der Waals surface area contributed by atoms with Crippen LogP contribution in [0.2, 0.25) is 0 Å². The molecule has 0 radical (unpaired) electrons. The lowest BCUT2D eigenvalue weighted by atomic mass is 10.1. The Labute approximate surface area is 151 Å². The number of aryl methyl sites for hydroxylation is 1. The van der Waals surface area contributed by atoms with Gasteiger partial charge in [0.2, 0.25) is 5.91 Å². The zero-order valence-electron chi connectivity index (χ0n) is 13.8. The number of hydrogen-bond donors (Lipinski definition) is 1. The third kappa shape index (κ3) is 3.32. The third-order valence-electron chi connectivity index (χ3n) is 4.19. The monoisotopic (exact) mass is 351 g/mol. The fourth-order valence-electron chi connectivity index (χ4n) is 2.86. The van der Waals surface area contributed by atoms with E-state index in [-0.39, 0.29) is 11.7 Å². The molecule has 0 saturated carbocycles. The molecule has 1 aliphatic heterocycles. The minimum Gasteiger partial charge on any atom is -0.508 e. The summed E-state index contributed by atoms with van der Waals surface area (Å²) in [6, 6.07) is 14.1. The number of amides is 1. The molecule has 1 saturated heterocycles. The maximum absolute atomic E-state index is 12.6. The SMILES string of the molecule is Cc1cc(N2C(=O)CCCN(c3ccc(O)cc3)C2=S)ccc1C#N. The molecule has 1 N–H and O–H groups in total. The van der Waals surface area contributed by atoms with Crippen LogP contribution in [0.15, 0.2) is 42.5 Å². The van der Waals surface area contributed by atoms with Crippen molar-refractivity contribution < 1.29 is 9.90 Å². The van der Waals surface area contributed by atoms with E-state index in [2.05, 4.69) is 6.07 Å². The first-order valence-electron chi connectivity index (χ1n) is 7.95. The van der Waals surface area contributed by atoms with Crippen LogP contribution in [0.3, 0.4) is 0 Å². The second kappa shape index (κ2) is 6.91. The van der Waals surface area contributed by atoms with Gasteiger partial charge in [0.15, 0.2) is 5.11 Å². The van der Waals surface area contributed by atoms with Gasteiger partial charge in [-0.2, -0.15) is 5.26 Å². The van der Waals surface area contributed by atoms with E-state index in [0.29, 0.717) is 35.7 Å². The smallest absolute Gasteiger partial charge is 0.233 e. The van der Waals surface area contributed by atoms with Crippen LogP contribution in [0.25, 0.3) is 0 Å². The zero-order chi connectivity index (χ0) is 18.0. The van der Waals surface area contributed by atoms with Crippen LogP contribution in [0.1, 0.15) is 24.0 Å². The molecule has 0 aliphatic carbocycles. The molecule has 2 aromatic rings. The lowest BCUT2D eigenvalue weighted by molar-refractivity contribution is -0.117. The number of thiocarbonyl (C=S) groups is 1. The Morgan fingerprint density at radius 2 is 1.84 bits per heavy atom. The van der Waals surface area contributed by atoms with Crippen molar-refractivity contribution in [3.63, 3.8) is 0 Å². The van der Waals surface area contributed by atoms with Crippen molar-refractivity contribution in [2.45, 2.75) is 19.8 Å². The van der Waals surface area contributed by atoms with E-state index in [1.54, 1.807) is 36.4 Å². The first-order chi connectivity index (χ1) is 12.0. The Morgan fingerprint density at radius 3 is 2.48 bits per heavy atom. The number of nitrogens with zero attached hydrogens (tertiary/aromatic N) is 3. The summed E-state index contributed by atoms with van der Waals surface area (Å²) < 4.78 is 0. The summed E-state index contributed by atoms with van der Waals surface area (Å²) >= 11 is 5.62. The Morgan fingerprint density at radius 1 is 1.16 bits per heavy atom. The molecule has 2 aromatic carbocycles. The van der Waals surface area contributed by atoms with Crippen molar-refractivity contribution >= 4 is 34.6 Å². The van der Waals surface area contributed by atoms with Crippen LogP contribution in [0.4, 0.5) is 11.4 Å². The van der Waals surface area contributed by atoms with E-state index < -0.39 is 0 Å². The molecular weight excluding hydrogens is 334 g/mol. The molecule has 5 nitrogen and oxygen atoms in total. The van der Waals surface area contributed by atoms with E-state index in [4.69, 9.17) is 17.5 Å². The van der Waals surface area contributed by atoms with Gasteiger partial charge in [-0.1, -0.05) is 0 Å². The second-order valence-corrected chi connectivity index (χ2v) is 6.26. The highest BCUT2D eigenvalue weighted by Gasteiger charge is 2.29. The number of carbonyl (C=O) groups excluding carboxylic acids is 1. The summed E-state index contributed by atoms with van der Waals surface area (Å²) in [5.41, 5.74) is 2.87. The van der Waals surface area contributed by atoms with E-state index in [1.807, 2.05) is 17.9 Å². The Balaban J connectivity index is 2.00. The molecule has 126 valence electrons. The van der Waals surface area contributed by atoms with Crippen molar-refractivity contribution in [3.8, 4) is 11.8 Å². The normalized spacial score (nSPS) is 15.0. The quantitative estimate of drug-likeness (QED) is 0.839. The van der Waals surface area contributed by atoms with Gasteiger partial charge in [-0.3, -0.25) is 9.69 Å². The number of phenols is 1. The highest BCUT2D eigenvalue weighted by molar-refractivity contribution is 7.81. The maximum Gasteiger partial charge on any atom is 0.233 e. The van der Waals surface area contributed by atoms with E-state index in [9.17, 15) is 9.90 Å². The molecule has 1 amide bonds. The summed E-state index contributed by atoms with van der Waals surface area (Å²) in [5, 5.41) is 19.0. The summed E-state index contributed by atoms with van der Waals surface area (Å²) in [4.78, 5) is 16.1. The second-order valence-electron chi connectivity index (χ2n) is 5.89. The van der Waals surface area contributed by atoms with Gasteiger partial charge in [-0.25, -0.2) is 0 Å². The Kier molecular flexibility index (Phi) is 4.68. The van der Waals surface area contributed by atoms with Gasteiger partial charge >= 0.3 is 0 Å². The maximum atomic E-state index is 12.6. The summed E-state index contributed by atoms with van der Waals surface area (Å²) in [6.07, 6.45) is 1.08. The lowest BCUT2D eigenvalue weighted by Crippen LogP contribution is -2.44. The number of benzene rings is 2. The molecule has 25 heavy (non-hydrogen) atoms. The van der Waals surface area contributed by atoms with Gasteiger partial charge in [0.05, 0.1) is 17.3 Å². The van der Waals surface area contributed by atoms with Crippen molar-refractivity contribution in [2.24, 2.45) is 0 Å². The highest BCUT2D eigenvalue weighted by atomic mass is 32.1. The van der Waals surface area contributed by atoms with E-state index >= 15 is 0 Å². The van der Waals surface area contributed by atoms with Crippen molar-refractivity contribution in [1.82, 2.24) is 0 Å². The predicted octanol–water partition coefficient (Wildman–Crippen LogP) is 3.49. The minimum atomic E-state index is -0.0598. The first kappa shape index (κ1) is 16.9. The third-order valence-corrected chi connectivity index (χ3v) is 4.60. The van der Waals surface area contributed by atoms with Gasteiger partial charge in [-0.05, 0) is 73.6 Å². The van der Waals surface area contributed by atoms with E-state index in [0.717, 1.165) is 11.3 Å². The predicted molar refractivity (Wildman–Crippen MR) is 101 cm³/mol. The number of rotatable bonds is 2. The molecule has 1 aliphatic rings. The number of hydrogen-bond acceptors (Lipinski definition) is 4. The summed E-state index contributed by atoms with van der Waals surface area (Å²) in [7, 11) is 0. The van der Waals surface area contributed by atoms with Crippen molar-refractivity contribution in [2.75, 3.05) is 16.3 Å². The molecule has 6 heteroatoms. The molecular formula is C19H17N3O2S. The zero-order valence-corrected chi connectivity index (χ0v) is 14.6. The average molecular weight is 351 g/mol. The van der Waals surface area contributed by atoms with Gasteiger partial charge in [-0.15, -0.1) is 0 Å². The topological polar surface area (TPSA) is 67.6 Å². The molecule has 0 unspecified atom stereocenters. The fraction of sp³-hybridized carbons (Fsp3) is 0.211.